The largest absolute Gasteiger partial charge is 0.464 e. The molecule has 1 aliphatic rings. The Bertz CT molecular complexity index is 597. The Balaban J connectivity index is 3.03. The average molecular weight is 401 g/mol. The van der Waals surface area contributed by atoms with Crippen LogP contribution in [0.1, 0.15) is 53.9 Å². The molecule has 4 atom stereocenters. The first kappa shape index (κ1) is 23.9. The van der Waals surface area contributed by atoms with E-state index in [0.29, 0.717) is 17.7 Å². The molecular formula is C19H31NO8. The SMILES string of the molecule is C=C(C)CO[C@H]1CCC[C@H](N(C(=O)O)C(=O)OC(C)(C)C)C(=O)O[C@@H](C)[C@@H]1O. The summed E-state index contributed by atoms with van der Waals surface area (Å²) in [6, 6.07) is -1.37. The summed E-state index contributed by atoms with van der Waals surface area (Å²) < 4.78 is 16.0. The molecular weight excluding hydrogens is 370 g/mol. The summed E-state index contributed by atoms with van der Waals surface area (Å²) in [6.07, 6.45) is -4.71. The fourth-order valence-electron chi connectivity index (χ4n) is 2.75. The smallest absolute Gasteiger partial charge is 0.420 e. The predicted octanol–water partition coefficient (Wildman–Crippen LogP) is 2.71. The van der Waals surface area contributed by atoms with Crippen LogP contribution in [0.25, 0.3) is 0 Å². The number of imide groups is 1. The van der Waals surface area contributed by atoms with E-state index in [2.05, 4.69) is 6.58 Å². The zero-order valence-corrected chi connectivity index (χ0v) is 17.1. The Hall–Kier alpha value is -2.13. The molecule has 9 nitrogen and oxygen atoms in total. The van der Waals surface area contributed by atoms with Crippen molar-refractivity contribution in [2.45, 2.75) is 83.8 Å². The molecule has 0 aromatic heterocycles. The monoisotopic (exact) mass is 401 g/mol. The number of carbonyl (C=O) groups excluding carboxylic acids is 2. The van der Waals surface area contributed by atoms with Gasteiger partial charge in [-0.05, 0) is 53.9 Å². The lowest BCUT2D eigenvalue weighted by Gasteiger charge is -2.29. The van der Waals surface area contributed by atoms with Crippen molar-refractivity contribution in [1.29, 1.82) is 0 Å². The topological polar surface area (TPSA) is 123 Å². The van der Waals surface area contributed by atoms with Crippen molar-refractivity contribution in [3.8, 4) is 0 Å². The Morgan fingerprint density at radius 1 is 1.32 bits per heavy atom. The lowest BCUT2D eigenvalue weighted by Crippen LogP contribution is -2.51. The number of ether oxygens (including phenoxy) is 3. The molecule has 2 N–H and O–H groups in total. The second-order valence-corrected chi connectivity index (χ2v) is 8.02. The molecule has 1 rings (SSSR count). The van der Waals surface area contributed by atoms with E-state index in [9.17, 15) is 24.6 Å². The lowest BCUT2D eigenvalue weighted by atomic mass is 10.0. The summed E-state index contributed by atoms with van der Waals surface area (Å²) >= 11 is 0. The first-order valence-electron chi connectivity index (χ1n) is 9.23. The maximum absolute atomic E-state index is 12.6. The number of nitrogens with zero attached hydrogens (tertiary/aromatic N) is 1. The number of hydrogen-bond acceptors (Lipinski definition) is 7. The first-order valence-corrected chi connectivity index (χ1v) is 9.23. The molecule has 0 aliphatic carbocycles. The molecule has 1 aliphatic heterocycles. The van der Waals surface area contributed by atoms with E-state index < -0.39 is 48.1 Å². The molecule has 0 radical (unpaired) electrons. The van der Waals surface area contributed by atoms with E-state index in [0.717, 1.165) is 5.57 Å². The van der Waals surface area contributed by atoms with Gasteiger partial charge in [-0.1, -0.05) is 12.2 Å². The Morgan fingerprint density at radius 3 is 2.43 bits per heavy atom. The molecule has 1 saturated heterocycles. The predicted molar refractivity (Wildman–Crippen MR) is 99.9 cm³/mol. The number of amides is 2. The fourth-order valence-corrected chi connectivity index (χ4v) is 2.75. The van der Waals surface area contributed by atoms with Crippen LogP contribution in [0.15, 0.2) is 12.2 Å². The number of esters is 1. The molecule has 0 aromatic rings. The van der Waals surface area contributed by atoms with Crippen LogP contribution < -0.4 is 0 Å². The van der Waals surface area contributed by atoms with Crippen molar-refractivity contribution in [3.63, 3.8) is 0 Å². The Kier molecular flexibility index (Phi) is 8.44. The molecule has 28 heavy (non-hydrogen) atoms. The number of carbonyl (C=O) groups is 3. The number of cyclic esters (lactones) is 1. The molecule has 0 spiro atoms. The summed E-state index contributed by atoms with van der Waals surface area (Å²) in [5.74, 6) is -0.916. The van der Waals surface area contributed by atoms with Crippen molar-refractivity contribution in [2.24, 2.45) is 0 Å². The van der Waals surface area contributed by atoms with Crippen molar-refractivity contribution < 1.29 is 38.8 Å². The molecule has 0 saturated carbocycles. The summed E-state index contributed by atoms with van der Waals surface area (Å²) in [5.41, 5.74) is -0.158. The van der Waals surface area contributed by atoms with Crippen LogP contribution >= 0.6 is 0 Å². The van der Waals surface area contributed by atoms with Gasteiger partial charge in [0, 0.05) is 0 Å². The summed E-state index contributed by atoms with van der Waals surface area (Å²) in [5, 5.41) is 19.9. The molecule has 160 valence electrons. The van der Waals surface area contributed by atoms with Gasteiger partial charge in [0.2, 0.25) is 0 Å². The number of carboxylic acid groups (broad SMARTS) is 1. The van der Waals surface area contributed by atoms with Crippen molar-refractivity contribution >= 4 is 18.2 Å². The van der Waals surface area contributed by atoms with Gasteiger partial charge in [0.25, 0.3) is 0 Å². The highest BCUT2D eigenvalue weighted by Crippen LogP contribution is 2.23. The van der Waals surface area contributed by atoms with E-state index in [1.54, 1.807) is 27.7 Å². The summed E-state index contributed by atoms with van der Waals surface area (Å²) in [6.45, 7) is 12.0. The molecule has 0 bridgehead atoms. The van der Waals surface area contributed by atoms with Gasteiger partial charge < -0.3 is 24.4 Å². The highest BCUT2D eigenvalue weighted by Gasteiger charge is 2.41. The highest BCUT2D eigenvalue weighted by atomic mass is 16.6. The van der Waals surface area contributed by atoms with E-state index in [1.807, 2.05) is 0 Å². The van der Waals surface area contributed by atoms with Gasteiger partial charge in [0.1, 0.15) is 23.9 Å². The van der Waals surface area contributed by atoms with E-state index >= 15 is 0 Å². The Labute approximate surface area is 165 Å². The minimum Gasteiger partial charge on any atom is -0.464 e. The van der Waals surface area contributed by atoms with Gasteiger partial charge in [-0.25, -0.2) is 14.4 Å². The van der Waals surface area contributed by atoms with Crippen molar-refractivity contribution in [3.05, 3.63) is 12.2 Å². The zero-order valence-electron chi connectivity index (χ0n) is 17.1. The van der Waals surface area contributed by atoms with Crippen LogP contribution in [0.2, 0.25) is 0 Å². The van der Waals surface area contributed by atoms with Crippen molar-refractivity contribution in [2.75, 3.05) is 6.61 Å². The van der Waals surface area contributed by atoms with Gasteiger partial charge >= 0.3 is 18.2 Å². The third kappa shape index (κ3) is 7.12. The quantitative estimate of drug-likeness (QED) is 0.544. The molecule has 9 heteroatoms. The molecule has 0 unspecified atom stereocenters. The van der Waals surface area contributed by atoms with Gasteiger partial charge in [-0.2, -0.15) is 4.90 Å². The van der Waals surface area contributed by atoms with E-state index in [4.69, 9.17) is 14.2 Å². The van der Waals surface area contributed by atoms with E-state index in [1.165, 1.54) is 6.92 Å². The number of hydrogen-bond donors (Lipinski definition) is 2. The minimum absolute atomic E-state index is 0.0246. The maximum atomic E-state index is 12.6. The van der Waals surface area contributed by atoms with E-state index in [-0.39, 0.29) is 13.0 Å². The third-order valence-electron chi connectivity index (χ3n) is 4.05. The zero-order chi connectivity index (χ0) is 21.6. The summed E-state index contributed by atoms with van der Waals surface area (Å²) in [7, 11) is 0. The molecule has 1 heterocycles. The number of aliphatic hydroxyl groups excluding tert-OH is 1. The molecule has 1 fully saturated rings. The third-order valence-corrected chi connectivity index (χ3v) is 4.05. The highest BCUT2D eigenvalue weighted by molar-refractivity contribution is 5.93. The van der Waals surface area contributed by atoms with Gasteiger partial charge in [-0.15, -0.1) is 0 Å². The molecule has 2 amide bonds. The standard InChI is InChI=1S/C19H31NO8/c1-11(2)10-26-14-9-7-8-13(16(22)27-12(3)15(14)21)20(17(23)24)18(25)28-19(4,5)6/h12-15,21H,1,7-10H2,2-6H3,(H,23,24)/t12-,13-,14-,15-/m0/s1. The van der Waals surface area contributed by atoms with Crippen LogP contribution in [0.3, 0.4) is 0 Å². The summed E-state index contributed by atoms with van der Waals surface area (Å²) in [4.78, 5) is 36.9. The lowest BCUT2D eigenvalue weighted by molar-refractivity contribution is -0.163. The van der Waals surface area contributed by atoms with Crippen LogP contribution in [-0.2, 0) is 19.0 Å². The first-order chi connectivity index (χ1) is 12.8. The van der Waals surface area contributed by atoms with Gasteiger partial charge in [0.15, 0.2) is 0 Å². The minimum atomic E-state index is -1.61. The van der Waals surface area contributed by atoms with Gasteiger partial charge in [-0.3, -0.25) is 0 Å². The van der Waals surface area contributed by atoms with Crippen LogP contribution in [-0.4, -0.2) is 69.8 Å². The Morgan fingerprint density at radius 2 is 1.93 bits per heavy atom. The number of aliphatic hydroxyl groups is 1. The average Bonchev–Trinajstić information content (AvgIpc) is 2.57. The normalized spacial score (nSPS) is 26.3. The maximum Gasteiger partial charge on any atom is 0.420 e. The molecule has 0 aromatic carbocycles. The fraction of sp³-hybridized carbons (Fsp3) is 0.737. The number of rotatable bonds is 4. The van der Waals surface area contributed by atoms with Gasteiger partial charge in [0.05, 0.1) is 12.7 Å². The van der Waals surface area contributed by atoms with Crippen LogP contribution in [0.4, 0.5) is 9.59 Å². The van der Waals surface area contributed by atoms with Crippen LogP contribution in [0, 0.1) is 0 Å². The van der Waals surface area contributed by atoms with Crippen LogP contribution in [0.5, 0.6) is 0 Å². The van der Waals surface area contributed by atoms with Crippen molar-refractivity contribution in [1.82, 2.24) is 4.90 Å². The second kappa shape index (κ2) is 9.88. The second-order valence-electron chi connectivity index (χ2n) is 8.02.